The Balaban J connectivity index is 1.61. The summed E-state index contributed by atoms with van der Waals surface area (Å²) in [5.74, 6) is 0.646. The van der Waals surface area contributed by atoms with Gasteiger partial charge in [0.05, 0.1) is 34.3 Å². The van der Waals surface area contributed by atoms with Gasteiger partial charge in [-0.1, -0.05) is 52.5 Å². The van der Waals surface area contributed by atoms with Crippen LogP contribution in [0.1, 0.15) is 17.8 Å². The third kappa shape index (κ3) is 5.28. The summed E-state index contributed by atoms with van der Waals surface area (Å²) in [6.07, 6.45) is 0.680. The fourth-order valence-electron chi connectivity index (χ4n) is 3.53. The first-order chi connectivity index (χ1) is 14.9. The molecule has 1 amide bonds. The lowest BCUT2D eigenvalue weighted by molar-refractivity contribution is -0.128. The van der Waals surface area contributed by atoms with Crippen LogP contribution in [0.15, 0.2) is 30.3 Å². The predicted octanol–water partition coefficient (Wildman–Crippen LogP) is 4.99. The van der Waals surface area contributed by atoms with Gasteiger partial charge in [-0.15, -0.1) is 0 Å². The number of imidazole rings is 1. The Hall–Kier alpha value is -1.54. The number of carbonyl (C=O) groups excluding carboxylic acids is 1. The van der Waals surface area contributed by atoms with Crippen molar-refractivity contribution in [2.45, 2.75) is 19.4 Å². The van der Waals surface area contributed by atoms with Gasteiger partial charge in [0, 0.05) is 42.5 Å². The molecule has 1 aromatic heterocycles. The number of aryl methyl sites for hydroxylation is 1. The highest BCUT2D eigenvalue weighted by Crippen LogP contribution is 2.31. The zero-order valence-electron chi connectivity index (χ0n) is 16.5. The Labute approximate surface area is 199 Å². The van der Waals surface area contributed by atoms with Crippen molar-refractivity contribution in [1.29, 1.82) is 0 Å². The van der Waals surface area contributed by atoms with Crippen molar-refractivity contribution in [1.82, 2.24) is 20.0 Å². The van der Waals surface area contributed by atoms with E-state index >= 15 is 0 Å². The second-order valence-electron chi connectivity index (χ2n) is 7.20. The van der Waals surface area contributed by atoms with Crippen LogP contribution in [-0.4, -0.2) is 46.8 Å². The Morgan fingerprint density at radius 2 is 1.71 bits per heavy atom. The largest absolute Gasteiger partial charge is 0.379 e. The normalized spacial score (nSPS) is 14.8. The molecule has 0 saturated carbocycles. The molecule has 1 N–H and O–H groups in total. The highest BCUT2D eigenvalue weighted by Gasteiger charge is 2.18. The van der Waals surface area contributed by atoms with E-state index in [1.165, 1.54) is 0 Å². The van der Waals surface area contributed by atoms with Crippen LogP contribution in [0, 0.1) is 0 Å². The smallest absolute Gasteiger partial charge is 0.236 e. The maximum Gasteiger partial charge on any atom is 0.236 e. The fourth-order valence-corrected chi connectivity index (χ4v) is 4.38. The van der Waals surface area contributed by atoms with Crippen molar-refractivity contribution in [2.75, 3.05) is 26.3 Å². The number of morpholine rings is 1. The number of hydrogen-bond donors (Lipinski definition) is 1. The van der Waals surface area contributed by atoms with Gasteiger partial charge in [-0.25, -0.2) is 9.99 Å². The van der Waals surface area contributed by atoms with Crippen LogP contribution in [0.2, 0.25) is 20.1 Å². The average Bonchev–Trinajstić information content (AvgIpc) is 3.06. The zero-order chi connectivity index (χ0) is 22.0. The van der Waals surface area contributed by atoms with Crippen molar-refractivity contribution in [3.05, 3.63) is 61.8 Å². The van der Waals surface area contributed by atoms with Crippen LogP contribution in [-0.2, 0) is 22.5 Å². The van der Waals surface area contributed by atoms with Gasteiger partial charge in [0.1, 0.15) is 5.82 Å². The van der Waals surface area contributed by atoms with Crippen LogP contribution in [0.4, 0.5) is 0 Å². The number of benzene rings is 2. The molecule has 0 atom stereocenters. The Bertz CT molecular complexity index is 1090. The van der Waals surface area contributed by atoms with E-state index in [4.69, 9.17) is 56.1 Å². The van der Waals surface area contributed by atoms with Crippen LogP contribution < -0.4 is 5.43 Å². The molecule has 0 bridgehead atoms. The molecular weight excluding hydrogens is 482 g/mol. The van der Waals surface area contributed by atoms with E-state index in [-0.39, 0.29) is 12.3 Å². The second kappa shape index (κ2) is 9.94. The summed E-state index contributed by atoms with van der Waals surface area (Å²) in [5.41, 5.74) is 5.20. The average molecular weight is 502 g/mol. The molecule has 6 nitrogen and oxygen atoms in total. The van der Waals surface area contributed by atoms with E-state index in [0.29, 0.717) is 64.9 Å². The quantitative estimate of drug-likeness (QED) is 0.516. The lowest BCUT2D eigenvalue weighted by Gasteiger charge is -2.27. The molecule has 2 heterocycles. The SMILES string of the molecule is O=C(CCn1c(Cc2c(Cl)cccc2Cl)nc2cc(Cl)c(Cl)cc21)NN1CCOCC1. The van der Waals surface area contributed by atoms with Crippen LogP contribution in [0.3, 0.4) is 0 Å². The number of halogens is 4. The molecule has 4 rings (SSSR count). The number of ether oxygens (including phenoxy) is 1. The number of nitrogens with zero attached hydrogens (tertiary/aromatic N) is 3. The van der Waals surface area contributed by atoms with Crippen LogP contribution in [0.5, 0.6) is 0 Å². The van der Waals surface area contributed by atoms with Crippen molar-refractivity contribution in [3.8, 4) is 0 Å². The summed E-state index contributed by atoms with van der Waals surface area (Å²) in [4.78, 5) is 17.3. The van der Waals surface area contributed by atoms with Gasteiger partial charge in [0.25, 0.3) is 0 Å². The van der Waals surface area contributed by atoms with Gasteiger partial charge < -0.3 is 9.30 Å². The first-order valence-electron chi connectivity index (χ1n) is 9.81. The molecule has 1 saturated heterocycles. The fraction of sp³-hybridized carbons (Fsp3) is 0.333. The number of amides is 1. The van der Waals surface area contributed by atoms with Gasteiger partial charge in [-0.3, -0.25) is 10.2 Å². The molecule has 1 aliphatic rings. The summed E-state index contributed by atoms with van der Waals surface area (Å²) >= 11 is 25.2. The maximum absolute atomic E-state index is 12.5. The minimum atomic E-state index is -0.0782. The molecule has 0 spiro atoms. The van der Waals surface area contributed by atoms with Gasteiger partial charge in [0.15, 0.2) is 0 Å². The summed E-state index contributed by atoms with van der Waals surface area (Å²) < 4.78 is 7.28. The molecule has 1 fully saturated rings. The molecule has 31 heavy (non-hydrogen) atoms. The Morgan fingerprint density at radius 1 is 1.03 bits per heavy atom. The summed E-state index contributed by atoms with van der Waals surface area (Å²) in [5, 5.41) is 3.85. The van der Waals surface area contributed by atoms with E-state index in [1.54, 1.807) is 30.3 Å². The highest BCUT2D eigenvalue weighted by molar-refractivity contribution is 6.42. The monoisotopic (exact) mass is 500 g/mol. The third-order valence-corrected chi connectivity index (χ3v) is 6.55. The maximum atomic E-state index is 12.5. The van der Waals surface area contributed by atoms with Gasteiger partial charge in [-0.2, -0.15) is 0 Å². The minimum absolute atomic E-state index is 0.0782. The van der Waals surface area contributed by atoms with Gasteiger partial charge in [0.2, 0.25) is 5.91 Å². The standard InChI is InChI=1S/C21H20Cl4N4O2/c22-14-2-1-3-15(23)13(14)10-20-26-18-11-16(24)17(25)12-19(18)29(20)5-4-21(30)27-28-6-8-31-9-7-28/h1-3,11-12H,4-10H2,(H,27,30). The molecule has 3 aromatic rings. The van der Waals surface area contributed by atoms with E-state index in [2.05, 4.69) is 5.43 Å². The number of hydrazine groups is 1. The zero-order valence-corrected chi connectivity index (χ0v) is 19.5. The van der Waals surface area contributed by atoms with Crippen molar-refractivity contribution in [2.24, 2.45) is 0 Å². The Kier molecular flexibility index (Phi) is 7.26. The summed E-state index contributed by atoms with van der Waals surface area (Å²) in [6, 6.07) is 8.87. The predicted molar refractivity (Wildman–Crippen MR) is 124 cm³/mol. The number of hydrogen-bond acceptors (Lipinski definition) is 4. The van der Waals surface area contributed by atoms with Crippen molar-refractivity contribution >= 4 is 63.3 Å². The van der Waals surface area contributed by atoms with E-state index in [1.807, 2.05) is 9.58 Å². The lowest BCUT2D eigenvalue weighted by atomic mass is 10.1. The summed E-state index contributed by atoms with van der Waals surface area (Å²) in [7, 11) is 0. The molecule has 0 radical (unpaired) electrons. The topological polar surface area (TPSA) is 59.4 Å². The van der Waals surface area contributed by atoms with E-state index in [0.717, 1.165) is 16.9 Å². The third-order valence-electron chi connectivity index (χ3n) is 5.12. The number of aromatic nitrogens is 2. The molecule has 0 unspecified atom stereocenters. The number of rotatable bonds is 6. The second-order valence-corrected chi connectivity index (χ2v) is 8.82. The number of nitrogens with one attached hydrogen (secondary N) is 1. The number of carbonyl (C=O) groups is 1. The molecule has 10 heteroatoms. The first-order valence-corrected chi connectivity index (χ1v) is 11.3. The molecule has 0 aliphatic carbocycles. The molecule has 164 valence electrons. The van der Waals surface area contributed by atoms with Crippen molar-refractivity contribution in [3.63, 3.8) is 0 Å². The molecule has 2 aromatic carbocycles. The number of fused-ring (bicyclic) bond motifs is 1. The van der Waals surface area contributed by atoms with Gasteiger partial charge >= 0.3 is 0 Å². The Morgan fingerprint density at radius 3 is 2.42 bits per heavy atom. The van der Waals surface area contributed by atoms with Gasteiger partial charge in [-0.05, 0) is 29.8 Å². The van der Waals surface area contributed by atoms with Crippen molar-refractivity contribution < 1.29 is 9.53 Å². The van der Waals surface area contributed by atoms with Crippen LogP contribution >= 0.6 is 46.4 Å². The van der Waals surface area contributed by atoms with E-state index < -0.39 is 0 Å². The molecular formula is C21H20Cl4N4O2. The first kappa shape index (κ1) is 22.6. The highest BCUT2D eigenvalue weighted by atomic mass is 35.5. The summed E-state index contributed by atoms with van der Waals surface area (Å²) in [6.45, 7) is 2.97. The molecule has 1 aliphatic heterocycles. The van der Waals surface area contributed by atoms with E-state index in [9.17, 15) is 4.79 Å². The lowest BCUT2D eigenvalue weighted by Crippen LogP contribution is -2.48. The minimum Gasteiger partial charge on any atom is -0.379 e. The van der Waals surface area contributed by atoms with Crippen LogP contribution in [0.25, 0.3) is 11.0 Å².